The van der Waals surface area contributed by atoms with E-state index in [1.54, 1.807) is 0 Å². The molecule has 0 aromatic heterocycles. The van der Waals surface area contributed by atoms with Gasteiger partial charge in [-0.05, 0) is 55.0 Å². The summed E-state index contributed by atoms with van der Waals surface area (Å²) in [4.78, 5) is 14.7. The summed E-state index contributed by atoms with van der Waals surface area (Å²) in [5.41, 5.74) is 10.8. The first kappa shape index (κ1) is 16.2. The highest BCUT2D eigenvalue weighted by Gasteiger charge is 2.27. The summed E-state index contributed by atoms with van der Waals surface area (Å²) in [6, 6.07) is 17.0. The zero-order chi connectivity index (χ0) is 17.2. The van der Waals surface area contributed by atoms with Crippen LogP contribution < -0.4 is 16.0 Å². The van der Waals surface area contributed by atoms with Gasteiger partial charge in [-0.1, -0.05) is 30.3 Å². The summed E-state index contributed by atoms with van der Waals surface area (Å²) in [7, 11) is 0. The quantitative estimate of drug-likeness (QED) is 0.901. The number of benzene rings is 2. The van der Waals surface area contributed by atoms with E-state index in [0.29, 0.717) is 0 Å². The van der Waals surface area contributed by atoms with Gasteiger partial charge in [-0.25, -0.2) is 0 Å². The first-order valence-electron chi connectivity index (χ1n) is 9.17. The molecule has 2 aliphatic rings. The van der Waals surface area contributed by atoms with Gasteiger partial charge in [0.1, 0.15) is 0 Å². The van der Waals surface area contributed by atoms with Crippen molar-refractivity contribution >= 4 is 17.3 Å². The van der Waals surface area contributed by atoms with Gasteiger partial charge in [-0.15, -0.1) is 0 Å². The molecule has 0 spiro atoms. The van der Waals surface area contributed by atoms with E-state index in [0.717, 1.165) is 44.5 Å². The molecular weight excluding hydrogens is 310 g/mol. The largest absolute Gasteiger partial charge is 0.367 e. The van der Waals surface area contributed by atoms with Crippen LogP contribution in [0.5, 0.6) is 0 Å². The minimum atomic E-state index is 0.0655. The fourth-order valence-corrected chi connectivity index (χ4v) is 3.98. The van der Waals surface area contributed by atoms with Crippen LogP contribution in [0.15, 0.2) is 48.5 Å². The van der Waals surface area contributed by atoms with E-state index in [1.807, 2.05) is 12.1 Å². The van der Waals surface area contributed by atoms with Crippen LogP contribution in [-0.4, -0.2) is 18.5 Å². The van der Waals surface area contributed by atoms with Gasteiger partial charge in [0.25, 0.3) is 0 Å². The van der Waals surface area contributed by atoms with Crippen LogP contribution in [0.4, 0.5) is 11.4 Å². The highest BCUT2D eigenvalue weighted by Crippen LogP contribution is 2.29. The van der Waals surface area contributed by atoms with Crippen LogP contribution in [0.2, 0.25) is 0 Å². The number of amides is 1. The van der Waals surface area contributed by atoms with Gasteiger partial charge in [-0.3, -0.25) is 4.79 Å². The van der Waals surface area contributed by atoms with Crippen LogP contribution in [0.1, 0.15) is 30.4 Å². The van der Waals surface area contributed by atoms with E-state index in [2.05, 4.69) is 46.6 Å². The van der Waals surface area contributed by atoms with Gasteiger partial charge in [0.15, 0.2) is 0 Å². The molecule has 4 nitrogen and oxygen atoms in total. The highest BCUT2D eigenvalue weighted by atomic mass is 16.1. The van der Waals surface area contributed by atoms with E-state index < -0.39 is 0 Å². The molecule has 1 fully saturated rings. The summed E-state index contributed by atoms with van der Waals surface area (Å²) in [5.74, 6) is 0.171. The molecule has 1 saturated carbocycles. The first-order valence-corrected chi connectivity index (χ1v) is 9.17. The Morgan fingerprint density at radius 1 is 1.12 bits per heavy atom. The molecule has 0 radical (unpaired) electrons. The molecular formula is C21H25N3O. The molecule has 1 amide bonds. The van der Waals surface area contributed by atoms with Crippen LogP contribution in [0.25, 0.3) is 0 Å². The number of nitrogens with two attached hydrogens (primary N) is 1. The van der Waals surface area contributed by atoms with E-state index in [9.17, 15) is 4.79 Å². The summed E-state index contributed by atoms with van der Waals surface area (Å²) in [6.45, 7) is 1.97. The molecule has 0 bridgehead atoms. The third-order valence-corrected chi connectivity index (χ3v) is 5.42. The number of carbonyl (C=O) groups is 1. The lowest BCUT2D eigenvalue weighted by molar-refractivity contribution is -0.119. The highest BCUT2D eigenvalue weighted by molar-refractivity contribution is 5.92. The monoisotopic (exact) mass is 335 g/mol. The van der Waals surface area contributed by atoms with Gasteiger partial charge in [0.2, 0.25) is 5.91 Å². The average Bonchev–Trinajstić information content (AvgIpc) is 3.24. The summed E-state index contributed by atoms with van der Waals surface area (Å²) in [6.07, 6.45) is 3.78. The molecule has 3 N–H and O–H groups in total. The molecule has 2 aromatic rings. The standard InChI is InChI=1S/C21H25N3O/c22-18-8-7-17(13-18)21(25)23-19-9-5-15(6-10-19)14-24-12-11-16-3-1-2-4-20(16)24/h1-6,9-10,17-18H,7-8,11-14,22H2,(H,23,25). The zero-order valence-corrected chi connectivity index (χ0v) is 14.4. The second-order valence-electron chi connectivity index (χ2n) is 7.26. The maximum Gasteiger partial charge on any atom is 0.227 e. The normalized spacial score (nSPS) is 22.0. The lowest BCUT2D eigenvalue weighted by atomic mass is 10.1. The smallest absolute Gasteiger partial charge is 0.227 e. The van der Waals surface area contributed by atoms with Crippen molar-refractivity contribution in [2.24, 2.45) is 11.7 Å². The van der Waals surface area contributed by atoms with Crippen LogP contribution in [0, 0.1) is 5.92 Å². The number of rotatable bonds is 4. The second kappa shape index (κ2) is 6.89. The molecule has 25 heavy (non-hydrogen) atoms. The summed E-state index contributed by atoms with van der Waals surface area (Å²) in [5, 5.41) is 3.03. The third kappa shape index (κ3) is 3.54. The van der Waals surface area contributed by atoms with Gasteiger partial charge in [-0.2, -0.15) is 0 Å². The predicted octanol–water partition coefficient (Wildman–Crippen LogP) is 3.32. The van der Waals surface area contributed by atoms with Crippen LogP contribution in [0.3, 0.4) is 0 Å². The topological polar surface area (TPSA) is 58.4 Å². The van der Waals surface area contributed by atoms with Crippen LogP contribution in [-0.2, 0) is 17.8 Å². The number of para-hydroxylation sites is 1. The fourth-order valence-electron chi connectivity index (χ4n) is 3.98. The van der Waals surface area contributed by atoms with Crippen molar-refractivity contribution in [2.45, 2.75) is 38.3 Å². The Labute approximate surface area is 149 Å². The molecule has 1 aliphatic carbocycles. The Morgan fingerprint density at radius 3 is 2.68 bits per heavy atom. The van der Waals surface area contributed by atoms with Gasteiger partial charge >= 0.3 is 0 Å². The number of hydrogen-bond acceptors (Lipinski definition) is 3. The lowest BCUT2D eigenvalue weighted by Crippen LogP contribution is -2.23. The second-order valence-corrected chi connectivity index (χ2v) is 7.26. The molecule has 2 unspecified atom stereocenters. The van der Waals surface area contributed by atoms with E-state index in [1.165, 1.54) is 16.8 Å². The van der Waals surface area contributed by atoms with E-state index >= 15 is 0 Å². The summed E-state index contributed by atoms with van der Waals surface area (Å²) >= 11 is 0. The van der Waals surface area contributed by atoms with E-state index in [-0.39, 0.29) is 17.9 Å². The maximum absolute atomic E-state index is 12.3. The molecule has 1 aliphatic heterocycles. The maximum atomic E-state index is 12.3. The minimum Gasteiger partial charge on any atom is -0.367 e. The first-order chi connectivity index (χ1) is 12.2. The minimum absolute atomic E-state index is 0.0655. The van der Waals surface area contributed by atoms with E-state index in [4.69, 9.17) is 5.73 Å². The molecule has 4 rings (SSSR count). The zero-order valence-electron chi connectivity index (χ0n) is 14.4. The Bertz CT molecular complexity index is 756. The van der Waals surface area contributed by atoms with Crippen molar-refractivity contribution in [3.8, 4) is 0 Å². The number of hydrogen-bond donors (Lipinski definition) is 2. The van der Waals surface area contributed by atoms with Crippen molar-refractivity contribution in [3.63, 3.8) is 0 Å². The third-order valence-electron chi connectivity index (χ3n) is 5.42. The van der Waals surface area contributed by atoms with Crippen LogP contribution >= 0.6 is 0 Å². The molecule has 2 atom stereocenters. The van der Waals surface area contributed by atoms with Crippen molar-refractivity contribution in [3.05, 3.63) is 59.7 Å². The molecule has 0 saturated heterocycles. The number of nitrogens with one attached hydrogen (secondary N) is 1. The van der Waals surface area contributed by atoms with Crippen molar-refractivity contribution in [1.82, 2.24) is 0 Å². The SMILES string of the molecule is NC1CCC(C(=O)Nc2ccc(CN3CCc4ccccc43)cc2)C1. The number of fused-ring (bicyclic) bond motifs is 1. The Balaban J connectivity index is 1.37. The average molecular weight is 335 g/mol. The molecule has 2 aromatic carbocycles. The number of anilines is 2. The summed E-state index contributed by atoms with van der Waals surface area (Å²) < 4.78 is 0. The van der Waals surface area contributed by atoms with Crippen molar-refractivity contribution in [2.75, 3.05) is 16.8 Å². The molecule has 4 heteroatoms. The number of nitrogens with zero attached hydrogens (tertiary/aromatic N) is 1. The van der Waals surface area contributed by atoms with Gasteiger partial charge in [0, 0.05) is 36.4 Å². The Morgan fingerprint density at radius 2 is 1.92 bits per heavy atom. The molecule has 130 valence electrons. The Hall–Kier alpha value is -2.33. The number of carbonyl (C=O) groups excluding carboxylic acids is 1. The van der Waals surface area contributed by atoms with Gasteiger partial charge < -0.3 is 16.0 Å². The Kier molecular flexibility index (Phi) is 4.45. The van der Waals surface area contributed by atoms with Crippen molar-refractivity contribution < 1.29 is 4.79 Å². The predicted molar refractivity (Wildman–Crippen MR) is 102 cm³/mol. The lowest BCUT2D eigenvalue weighted by Gasteiger charge is -2.19. The van der Waals surface area contributed by atoms with Gasteiger partial charge in [0.05, 0.1) is 0 Å². The fraction of sp³-hybridized carbons (Fsp3) is 0.381. The molecule has 1 heterocycles. The van der Waals surface area contributed by atoms with Crippen molar-refractivity contribution in [1.29, 1.82) is 0 Å².